The normalized spacial score (nSPS) is 12.6. The molecule has 1 amide bonds. The minimum absolute atomic E-state index is 0.0289. The summed E-state index contributed by atoms with van der Waals surface area (Å²) in [6, 6.07) is 5.26. The van der Waals surface area contributed by atoms with E-state index in [0.717, 1.165) is 0 Å². The molecular formula is C16H24N2O2S. The van der Waals surface area contributed by atoms with Crippen molar-refractivity contribution in [3.63, 3.8) is 0 Å². The molecule has 1 rings (SSSR count). The van der Waals surface area contributed by atoms with Crippen molar-refractivity contribution in [1.82, 2.24) is 0 Å². The fraction of sp³-hybridized carbons (Fsp3) is 0.500. The van der Waals surface area contributed by atoms with Crippen molar-refractivity contribution in [3.05, 3.63) is 23.8 Å². The molecule has 0 heterocycles. The maximum absolute atomic E-state index is 12.1. The molecular weight excluding hydrogens is 284 g/mol. The quantitative estimate of drug-likeness (QED) is 0.819. The van der Waals surface area contributed by atoms with Gasteiger partial charge in [-0.3, -0.25) is 4.79 Å². The second-order valence-corrected chi connectivity index (χ2v) is 6.74. The smallest absolute Gasteiger partial charge is 0.224 e. The van der Waals surface area contributed by atoms with Crippen molar-refractivity contribution in [3.8, 4) is 5.75 Å². The van der Waals surface area contributed by atoms with Gasteiger partial charge in [-0.05, 0) is 29.5 Å². The fourth-order valence-corrected chi connectivity index (χ4v) is 1.86. The highest BCUT2D eigenvalue weighted by Crippen LogP contribution is 2.30. The van der Waals surface area contributed by atoms with Crippen LogP contribution in [0.25, 0.3) is 0 Å². The standard InChI is InChI=1S/C16H24N2O2S/c1-10(16(2,3)4)8-14(19)18-12-7-6-11(15(17)21)9-13(12)20-5/h6-7,9-10H,8H2,1-5H3,(H2,17,21)(H,18,19). The highest BCUT2D eigenvalue weighted by Gasteiger charge is 2.23. The van der Waals surface area contributed by atoms with Gasteiger partial charge in [-0.15, -0.1) is 0 Å². The third-order valence-corrected chi connectivity index (χ3v) is 3.97. The van der Waals surface area contributed by atoms with E-state index in [0.29, 0.717) is 28.4 Å². The Labute approximate surface area is 132 Å². The number of ether oxygens (including phenoxy) is 1. The molecule has 1 aromatic rings. The monoisotopic (exact) mass is 308 g/mol. The minimum atomic E-state index is -0.0289. The number of methoxy groups -OCH3 is 1. The number of amides is 1. The molecule has 1 unspecified atom stereocenters. The maximum atomic E-state index is 12.1. The number of hydrogen-bond acceptors (Lipinski definition) is 3. The zero-order valence-electron chi connectivity index (χ0n) is 13.3. The van der Waals surface area contributed by atoms with Crippen LogP contribution in [0.4, 0.5) is 5.69 Å². The molecule has 5 heteroatoms. The molecule has 0 radical (unpaired) electrons. The van der Waals surface area contributed by atoms with Crippen LogP contribution in [0.15, 0.2) is 18.2 Å². The van der Waals surface area contributed by atoms with Gasteiger partial charge in [0.25, 0.3) is 0 Å². The first kappa shape index (κ1) is 17.4. The van der Waals surface area contributed by atoms with E-state index >= 15 is 0 Å². The summed E-state index contributed by atoms with van der Waals surface area (Å²) in [7, 11) is 1.55. The molecule has 3 N–H and O–H groups in total. The fourth-order valence-electron chi connectivity index (χ4n) is 1.73. The average molecular weight is 308 g/mol. The summed E-state index contributed by atoms with van der Waals surface area (Å²) in [5, 5.41) is 2.88. The van der Waals surface area contributed by atoms with Gasteiger partial charge in [0.15, 0.2) is 0 Å². The van der Waals surface area contributed by atoms with Gasteiger partial charge in [-0.2, -0.15) is 0 Å². The van der Waals surface area contributed by atoms with Crippen molar-refractivity contribution in [2.24, 2.45) is 17.1 Å². The minimum Gasteiger partial charge on any atom is -0.495 e. The Balaban J connectivity index is 2.83. The predicted molar refractivity (Wildman–Crippen MR) is 90.7 cm³/mol. The Kier molecular flexibility index (Phi) is 5.72. The molecule has 0 aliphatic carbocycles. The summed E-state index contributed by atoms with van der Waals surface area (Å²) < 4.78 is 5.28. The molecule has 1 atom stereocenters. The summed E-state index contributed by atoms with van der Waals surface area (Å²) >= 11 is 4.93. The molecule has 4 nitrogen and oxygen atoms in total. The number of carbonyl (C=O) groups excluding carboxylic acids is 1. The van der Waals surface area contributed by atoms with E-state index in [-0.39, 0.29) is 17.2 Å². The number of nitrogens with two attached hydrogens (primary N) is 1. The van der Waals surface area contributed by atoms with Crippen LogP contribution in [-0.2, 0) is 4.79 Å². The van der Waals surface area contributed by atoms with Crippen LogP contribution in [-0.4, -0.2) is 18.0 Å². The number of nitrogens with one attached hydrogen (secondary N) is 1. The summed E-state index contributed by atoms with van der Waals surface area (Å²) in [5.41, 5.74) is 7.02. The highest BCUT2D eigenvalue weighted by atomic mass is 32.1. The van der Waals surface area contributed by atoms with Crippen molar-refractivity contribution in [2.45, 2.75) is 34.1 Å². The van der Waals surface area contributed by atoms with E-state index in [2.05, 4.69) is 33.0 Å². The lowest BCUT2D eigenvalue weighted by Crippen LogP contribution is -2.24. The molecule has 0 saturated heterocycles. The van der Waals surface area contributed by atoms with E-state index in [1.807, 2.05) is 0 Å². The Morgan fingerprint density at radius 3 is 2.52 bits per heavy atom. The molecule has 1 aromatic carbocycles. The van der Waals surface area contributed by atoms with E-state index in [1.165, 1.54) is 0 Å². The lowest BCUT2D eigenvalue weighted by molar-refractivity contribution is -0.117. The zero-order valence-corrected chi connectivity index (χ0v) is 14.1. The van der Waals surface area contributed by atoms with Crippen molar-refractivity contribution < 1.29 is 9.53 Å². The van der Waals surface area contributed by atoms with Crippen LogP contribution in [0.5, 0.6) is 5.75 Å². The number of thiocarbonyl (C=S) groups is 1. The molecule has 21 heavy (non-hydrogen) atoms. The second kappa shape index (κ2) is 6.89. The number of anilines is 1. The van der Waals surface area contributed by atoms with Crippen LogP contribution in [0.3, 0.4) is 0 Å². The number of hydrogen-bond donors (Lipinski definition) is 2. The van der Waals surface area contributed by atoms with Crippen molar-refractivity contribution in [2.75, 3.05) is 12.4 Å². The number of rotatable bonds is 5. The SMILES string of the molecule is COc1cc(C(N)=S)ccc1NC(=O)CC(C)C(C)(C)C. The number of benzene rings is 1. The largest absolute Gasteiger partial charge is 0.495 e. The third-order valence-electron chi connectivity index (χ3n) is 3.73. The molecule has 0 aromatic heterocycles. The Morgan fingerprint density at radius 1 is 1.43 bits per heavy atom. The van der Waals surface area contributed by atoms with E-state index in [9.17, 15) is 4.79 Å². The van der Waals surface area contributed by atoms with Gasteiger partial charge in [0.1, 0.15) is 10.7 Å². The molecule has 0 bridgehead atoms. The average Bonchev–Trinajstić information content (AvgIpc) is 2.37. The van der Waals surface area contributed by atoms with Crippen molar-refractivity contribution in [1.29, 1.82) is 0 Å². The first-order valence-corrected chi connectivity index (χ1v) is 7.33. The van der Waals surface area contributed by atoms with Crippen LogP contribution in [0.2, 0.25) is 0 Å². The van der Waals surface area contributed by atoms with Crippen LogP contribution >= 0.6 is 12.2 Å². The highest BCUT2D eigenvalue weighted by molar-refractivity contribution is 7.80. The van der Waals surface area contributed by atoms with Gasteiger partial charge >= 0.3 is 0 Å². The zero-order chi connectivity index (χ0) is 16.2. The van der Waals surface area contributed by atoms with Gasteiger partial charge in [-0.25, -0.2) is 0 Å². The molecule has 0 spiro atoms. The summed E-state index contributed by atoms with van der Waals surface area (Å²) in [4.78, 5) is 12.4. The molecule has 116 valence electrons. The topological polar surface area (TPSA) is 64.3 Å². The lowest BCUT2D eigenvalue weighted by Gasteiger charge is -2.26. The van der Waals surface area contributed by atoms with Gasteiger partial charge in [0, 0.05) is 12.0 Å². The predicted octanol–water partition coefficient (Wildman–Crippen LogP) is 3.34. The summed E-state index contributed by atoms with van der Waals surface area (Å²) in [5.74, 6) is 0.801. The third kappa shape index (κ3) is 5.01. The Hall–Kier alpha value is -1.62. The van der Waals surface area contributed by atoms with Crippen LogP contribution in [0, 0.1) is 11.3 Å². The van der Waals surface area contributed by atoms with Gasteiger partial charge in [-0.1, -0.05) is 39.9 Å². The van der Waals surface area contributed by atoms with E-state index in [4.69, 9.17) is 22.7 Å². The second-order valence-electron chi connectivity index (χ2n) is 6.30. The van der Waals surface area contributed by atoms with E-state index < -0.39 is 0 Å². The molecule has 0 saturated carbocycles. The first-order valence-electron chi connectivity index (χ1n) is 6.93. The Bertz CT molecular complexity index is 536. The van der Waals surface area contributed by atoms with Crippen LogP contribution in [0.1, 0.15) is 39.7 Å². The number of carbonyl (C=O) groups is 1. The van der Waals surface area contributed by atoms with E-state index in [1.54, 1.807) is 25.3 Å². The maximum Gasteiger partial charge on any atom is 0.224 e. The molecule has 0 fully saturated rings. The summed E-state index contributed by atoms with van der Waals surface area (Å²) in [6.45, 7) is 8.46. The molecule has 0 aliphatic heterocycles. The van der Waals surface area contributed by atoms with Crippen molar-refractivity contribution >= 4 is 28.8 Å². The van der Waals surface area contributed by atoms with Gasteiger partial charge in [0.2, 0.25) is 5.91 Å². The van der Waals surface area contributed by atoms with Gasteiger partial charge in [0.05, 0.1) is 12.8 Å². The summed E-state index contributed by atoms with van der Waals surface area (Å²) in [6.07, 6.45) is 0.462. The Morgan fingerprint density at radius 2 is 2.05 bits per heavy atom. The molecule has 0 aliphatic rings. The van der Waals surface area contributed by atoms with Crippen LogP contribution < -0.4 is 15.8 Å². The van der Waals surface area contributed by atoms with Gasteiger partial charge < -0.3 is 15.8 Å². The first-order chi connectivity index (χ1) is 9.65. The lowest BCUT2D eigenvalue weighted by atomic mass is 9.80.